The van der Waals surface area contributed by atoms with Crippen molar-refractivity contribution >= 4 is 23.2 Å². The number of urea groups is 1. The number of benzene rings is 1. The zero-order valence-electron chi connectivity index (χ0n) is 14.9. The van der Waals surface area contributed by atoms with Gasteiger partial charge in [-0.2, -0.15) is 0 Å². The summed E-state index contributed by atoms with van der Waals surface area (Å²) in [5.74, 6) is -2.27. The van der Waals surface area contributed by atoms with Gasteiger partial charge in [-0.3, -0.25) is 4.79 Å². The van der Waals surface area contributed by atoms with Crippen LogP contribution in [0.2, 0.25) is 0 Å². The Morgan fingerprint density at radius 1 is 1.21 bits per heavy atom. The van der Waals surface area contributed by atoms with Gasteiger partial charge in [-0.05, 0) is 30.2 Å². The van der Waals surface area contributed by atoms with Crippen molar-refractivity contribution in [3.8, 4) is 0 Å². The number of carbonyl (C=O) groups is 2. The zero-order valence-corrected chi connectivity index (χ0v) is 14.9. The van der Waals surface area contributed by atoms with Crippen LogP contribution < -0.4 is 5.32 Å². The van der Waals surface area contributed by atoms with E-state index in [1.165, 1.54) is 17.3 Å². The van der Waals surface area contributed by atoms with Crippen LogP contribution in [-0.4, -0.2) is 51.3 Å². The number of carbonyl (C=O) groups excluding carboxylic acids is 2. The molecular weight excluding hydrogens is 368 g/mol. The van der Waals surface area contributed by atoms with Crippen LogP contribution in [0.25, 0.3) is 5.57 Å². The first-order valence-corrected chi connectivity index (χ1v) is 8.79. The van der Waals surface area contributed by atoms with Gasteiger partial charge in [0.25, 0.3) is 0 Å². The number of rotatable bonds is 3. The molecule has 0 unspecified atom stereocenters. The first-order chi connectivity index (χ1) is 13.5. The van der Waals surface area contributed by atoms with E-state index >= 15 is 0 Å². The lowest BCUT2D eigenvalue weighted by Crippen LogP contribution is -2.47. The Balaban J connectivity index is 1.46. The molecule has 2 aromatic rings. The lowest BCUT2D eigenvalue weighted by Gasteiger charge is -2.32. The molecule has 3 amide bonds. The molecule has 3 heterocycles. The van der Waals surface area contributed by atoms with Gasteiger partial charge in [0.2, 0.25) is 5.91 Å². The van der Waals surface area contributed by atoms with Crippen LogP contribution in [-0.2, 0) is 11.3 Å². The van der Waals surface area contributed by atoms with Gasteiger partial charge in [-0.1, -0.05) is 6.08 Å². The van der Waals surface area contributed by atoms with Gasteiger partial charge in [0.05, 0.1) is 17.9 Å². The molecule has 1 aromatic heterocycles. The van der Waals surface area contributed by atoms with Gasteiger partial charge in [-0.25, -0.2) is 23.5 Å². The first-order valence-electron chi connectivity index (χ1n) is 8.79. The van der Waals surface area contributed by atoms with Crippen LogP contribution in [0, 0.1) is 11.6 Å². The smallest absolute Gasteiger partial charge is 0.322 e. The largest absolute Gasteiger partial charge is 0.336 e. The molecule has 0 spiro atoms. The number of hydrogen-bond donors (Lipinski definition) is 1. The second-order valence-electron chi connectivity index (χ2n) is 6.60. The van der Waals surface area contributed by atoms with Crippen molar-refractivity contribution in [2.45, 2.75) is 13.0 Å². The Morgan fingerprint density at radius 2 is 2.07 bits per heavy atom. The predicted octanol–water partition coefficient (Wildman–Crippen LogP) is 2.42. The number of fused-ring (bicyclic) bond motifs is 1. The molecule has 144 valence electrons. The average molecular weight is 385 g/mol. The third-order valence-corrected chi connectivity index (χ3v) is 4.81. The summed E-state index contributed by atoms with van der Waals surface area (Å²) in [7, 11) is 0. The fourth-order valence-electron chi connectivity index (χ4n) is 3.34. The van der Waals surface area contributed by atoms with E-state index in [0.29, 0.717) is 19.5 Å². The van der Waals surface area contributed by atoms with E-state index in [9.17, 15) is 18.4 Å². The lowest BCUT2D eigenvalue weighted by molar-refractivity contribution is -0.131. The van der Waals surface area contributed by atoms with Gasteiger partial charge < -0.3 is 15.1 Å². The third-order valence-electron chi connectivity index (χ3n) is 4.81. The third kappa shape index (κ3) is 3.42. The van der Waals surface area contributed by atoms with Gasteiger partial charge in [0.1, 0.15) is 12.9 Å². The maximum atomic E-state index is 14.0. The normalized spacial score (nSPS) is 16.4. The van der Waals surface area contributed by atoms with Gasteiger partial charge in [0, 0.05) is 24.8 Å². The molecule has 0 atom stereocenters. The van der Waals surface area contributed by atoms with Crippen molar-refractivity contribution in [2.75, 3.05) is 25.0 Å². The fraction of sp³-hybridized carbons (Fsp3) is 0.263. The van der Waals surface area contributed by atoms with E-state index < -0.39 is 17.7 Å². The van der Waals surface area contributed by atoms with Crippen LogP contribution in [0.5, 0.6) is 0 Å². The summed E-state index contributed by atoms with van der Waals surface area (Å²) in [5.41, 5.74) is 1.91. The summed E-state index contributed by atoms with van der Waals surface area (Å²) in [5, 5.41) is 2.50. The minimum absolute atomic E-state index is 0.0348. The molecule has 1 N–H and O–H groups in total. The van der Waals surface area contributed by atoms with Gasteiger partial charge in [0.15, 0.2) is 11.6 Å². The van der Waals surface area contributed by atoms with Crippen molar-refractivity contribution in [3.63, 3.8) is 0 Å². The van der Waals surface area contributed by atoms with Crippen molar-refractivity contribution in [1.82, 2.24) is 19.8 Å². The van der Waals surface area contributed by atoms with E-state index in [-0.39, 0.29) is 30.2 Å². The summed E-state index contributed by atoms with van der Waals surface area (Å²) < 4.78 is 27.5. The molecule has 1 aromatic carbocycles. The van der Waals surface area contributed by atoms with Crippen LogP contribution in [0.3, 0.4) is 0 Å². The second-order valence-corrected chi connectivity index (χ2v) is 6.60. The Bertz CT molecular complexity index is 964. The Kier molecular flexibility index (Phi) is 4.72. The molecule has 28 heavy (non-hydrogen) atoms. The molecule has 0 bridgehead atoms. The van der Waals surface area contributed by atoms with E-state index in [1.807, 2.05) is 6.08 Å². The SMILES string of the molecule is O=C(CN1Cc2c(ccc(F)c2F)NC1=O)N1CCC=C(c2ccncn2)C1. The number of anilines is 1. The van der Waals surface area contributed by atoms with Crippen molar-refractivity contribution < 1.29 is 18.4 Å². The average Bonchev–Trinajstić information content (AvgIpc) is 2.73. The number of nitrogens with zero attached hydrogens (tertiary/aromatic N) is 4. The Hall–Kier alpha value is -3.36. The molecule has 0 saturated carbocycles. The topological polar surface area (TPSA) is 78.4 Å². The molecule has 9 heteroatoms. The van der Waals surface area contributed by atoms with Crippen molar-refractivity contribution in [3.05, 3.63) is 59.7 Å². The molecular formula is C19H17F2N5O2. The summed E-state index contributed by atoms with van der Waals surface area (Å²) in [6.07, 6.45) is 5.77. The van der Waals surface area contributed by atoms with Crippen LogP contribution in [0.4, 0.5) is 19.3 Å². The van der Waals surface area contributed by atoms with E-state index in [0.717, 1.165) is 17.3 Å². The number of aromatic nitrogens is 2. The maximum Gasteiger partial charge on any atom is 0.322 e. The molecule has 7 nitrogen and oxygen atoms in total. The monoisotopic (exact) mass is 385 g/mol. The summed E-state index contributed by atoms with van der Waals surface area (Å²) in [6.45, 7) is 0.491. The highest BCUT2D eigenvalue weighted by molar-refractivity contribution is 5.95. The van der Waals surface area contributed by atoms with Crippen molar-refractivity contribution in [1.29, 1.82) is 0 Å². The standard InChI is InChI=1S/C19H17F2N5O2/c20-14-3-4-16-13(18(14)21)9-26(19(28)24-16)10-17(27)25-7-1-2-12(8-25)15-5-6-22-11-23-15/h2-6,11H,1,7-10H2,(H,24,28). The predicted molar refractivity (Wildman–Crippen MR) is 97.0 cm³/mol. The Labute approximate surface area is 159 Å². The maximum absolute atomic E-state index is 14.0. The summed E-state index contributed by atoms with van der Waals surface area (Å²) in [6, 6.07) is 3.53. The molecule has 0 fully saturated rings. The van der Waals surface area contributed by atoms with Crippen molar-refractivity contribution in [2.24, 2.45) is 0 Å². The second kappa shape index (κ2) is 7.34. The molecule has 0 radical (unpaired) electrons. The van der Waals surface area contributed by atoms with Crippen LogP contribution in [0.15, 0.2) is 36.8 Å². The highest BCUT2D eigenvalue weighted by atomic mass is 19.2. The van der Waals surface area contributed by atoms with E-state index in [2.05, 4.69) is 15.3 Å². The first kappa shape index (κ1) is 18.0. The van der Waals surface area contributed by atoms with Crippen LogP contribution in [0.1, 0.15) is 17.7 Å². The minimum atomic E-state index is -1.01. The molecule has 2 aliphatic heterocycles. The summed E-state index contributed by atoms with van der Waals surface area (Å²) >= 11 is 0. The lowest BCUT2D eigenvalue weighted by atomic mass is 10.1. The van der Waals surface area contributed by atoms with Gasteiger partial charge >= 0.3 is 6.03 Å². The van der Waals surface area contributed by atoms with E-state index in [4.69, 9.17) is 0 Å². The molecule has 2 aliphatic rings. The highest BCUT2D eigenvalue weighted by Crippen LogP contribution is 2.27. The summed E-state index contributed by atoms with van der Waals surface area (Å²) in [4.78, 5) is 35.9. The number of hydrogen-bond acceptors (Lipinski definition) is 4. The fourth-order valence-corrected chi connectivity index (χ4v) is 3.34. The number of amides is 3. The van der Waals surface area contributed by atoms with Crippen LogP contribution >= 0.6 is 0 Å². The zero-order chi connectivity index (χ0) is 19.7. The molecule has 0 aliphatic carbocycles. The van der Waals surface area contributed by atoms with Gasteiger partial charge in [-0.15, -0.1) is 0 Å². The Morgan fingerprint density at radius 3 is 2.86 bits per heavy atom. The molecule has 0 saturated heterocycles. The minimum Gasteiger partial charge on any atom is -0.336 e. The number of nitrogens with one attached hydrogen (secondary N) is 1. The van der Waals surface area contributed by atoms with E-state index in [1.54, 1.807) is 17.2 Å². The highest BCUT2D eigenvalue weighted by Gasteiger charge is 2.30. The quantitative estimate of drug-likeness (QED) is 0.880. The number of halogens is 2. The molecule has 4 rings (SSSR count).